The SMILES string of the molecule is CCCCCCCCC(=O)OC[C@H]1O[C@@H](O)[C@H](O)[C@@H](O)[C@@H]1O. The van der Waals surface area contributed by atoms with Crippen LogP contribution in [0.4, 0.5) is 0 Å². The third-order valence-electron chi connectivity index (χ3n) is 3.83. The summed E-state index contributed by atoms with van der Waals surface area (Å²) in [5.41, 5.74) is 0. The molecule has 1 saturated heterocycles. The molecule has 130 valence electrons. The monoisotopic (exact) mass is 320 g/mol. The highest BCUT2D eigenvalue weighted by atomic mass is 16.6. The number of rotatable bonds is 9. The summed E-state index contributed by atoms with van der Waals surface area (Å²) in [4.78, 5) is 11.6. The lowest BCUT2D eigenvalue weighted by Gasteiger charge is -2.37. The van der Waals surface area contributed by atoms with Gasteiger partial charge in [-0.1, -0.05) is 39.0 Å². The minimum Gasteiger partial charge on any atom is -0.463 e. The lowest BCUT2D eigenvalue weighted by atomic mass is 9.99. The van der Waals surface area contributed by atoms with Crippen molar-refractivity contribution in [2.45, 2.75) is 82.6 Å². The maximum absolute atomic E-state index is 11.6. The van der Waals surface area contributed by atoms with E-state index in [4.69, 9.17) is 9.47 Å². The lowest BCUT2D eigenvalue weighted by molar-refractivity contribution is -0.287. The standard InChI is InChI=1S/C15H28O7/c1-2-3-4-5-6-7-8-11(16)21-9-10-12(17)13(18)14(19)15(20)22-10/h10,12-15,17-20H,2-9H2,1H3/t10-,12-,13+,14-,15-/m1/s1. The Morgan fingerprint density at radius 2 is 1.59 bits per heavy atom. The van der Waals surface area contributed by atoms with E-state index >= 15 is 0 Å². The van der Waals surface area contributed by atoms with Gasteiger partial charge in [0.2, 0.25) is 0 Å². The summed E-state index contributed by atoms with van der Waals surface area (Å²) in [6.45, 7) is 1.88. The molecule has 22 heavy (non-hydrogen) atoms. The van der Waals surface area contributed by atoms with Gasteiger partial charge in [-0.3, -0.25) is 4.79 Å². The Balaban J connectivity index is 2.18. The van der Waals surface area contributed by atoms with Gasteiger partial charge in [-0.05, 0) is 6.42 Å². The molecule has 0 aromatic rings. The number of carbonyl (C=O) groups is 1. The number of aliphatic hydroxyl groups excluding tert-OH is 4. The molecule has 0 aromatic heterocycles. The molecule has 1 aliphatic heterocycles. The van der Waals surface area contributed by atoms with Crippen LogP contribution in [0.3, 0.4) is 0 Å². The van der Waals surface area contributed by atoms with Gasteiger partial charge < -0.3 is 29.9 Å². The third-order valence-corrected chi connectivity index (χ3v) is 3.83. The van der Waals surface area contributed by atoms with Gasteiger partial charge in [-0.15, -0.1) is 0 Å². The summed E-state index contributed by atoms with van der Waals surface area (Å²) in [6.07, 6.45) is -0.521. The third kappa shape index (κ3) is 6.18. The summed E-state index contributed by atoms with van der Waals surface area (Å²) in [6, 6.07) is 0. The van der Waals surface area contributed by atoms with E-state index in [2.05, 4.69) is 6.92 Å². The number of hydrogen-bond donors (Lipinski definition) is 4. The van der Waals surface area contributed by atoms with Crippen molar-refractivity contribution in [3.63, 3.8) is 0 Å². The first-order valence-electron chi connectivity index (χ1n) is 8.00. The Labute approximate surface area is 130 Å². The van der Waals surface area contributed by atoms with E-state index in [0.717, 1.165) is 19.3 Å². The van der Waals surface area contributed by atoms with Crippen LogP contribution in [0.1, 0.15) is 51.9 Å². The molecule has 0 saturated carbocycles. The molecule has 1 fully saturated rings. The molecule has 1 aliphatic rings. The smallest absolute Gasteiger partial charge is 0.305 e. The van der Waals surface area contributed by atoms with Crippen LogP contribution < -0.4 is 0 Å². The van der Waals surface area contributed by atoms with Crippen LogP contribution in [0.2, 0.25) is 0 Å². The largest absolute Gasteiger partial charge is 0.463 e. The Morgan fingerprint density at radius 3 is 2.27 bits per heavy atom. The fraction of sp³-hybridized carbons (Fsp3) is 0.933. The number of ether oxygens (including phenoxy) is 2. The second kappa shape index (κ2) is 10.1. The zero-order chi connectivity index (χ0) is 16.5. The van der Waals surface area contributed by atoms with Gasteiger partial charge in [0, 0.05) is 6.42 Å². The van der Waals surface area contributed by atoms with E-state index in [-0.39, 0.29) is 6.61 Å². The molecule has 0 bridgehead atoms. The first kappa shape index (κ1) is 19.3. The summed E-state index contributed by atoms with van der Waals surface area (Å²) >= 11 is 0. The summed E-state index contributed by atoms with van der Waals surface area (Å²) in [7, 11) is 0. The molecule has 5 atom stereocenters. The molecule has 4 N–H and O–H groups in total. The fourth-order valence-electron chi connectivity index (χ4n) is 2.37. The summed E-state index contributed by atoms with van der Waals surface area (Å²) < 4.78 is 9.90. The molecule has 1 heterocycles. The van der Waals surface area contributed by atoms with Crippen molar-refractivity contribution >= 4 is 5.97 Å². The van der Waals surface area contributed by atoms with Crippen molar-refractivity contribution in [3.8, 4) is 0 Å². The van der Waals surface area contributed by atoms with Crippen LogP contribution in [0, 0.1) is 0 Å². The maximum atomic E-state index is 11.6. The minimum absolute atomic E-state index is 0.267. The Morgan fingerprint density at radius 1 is 0.955 bits per heavy atom. The Hall–Kier alpha value is -0.730. The fourth-order valence-corrected chi connectivity index (χ4v) is 2.37. The predicted molar refractivity (Wildman–Crippen MR) is 77.9 cm³/mol. The molecule has 0 radical (unpaired) electrons. The first-order chi connectivity index (χ1) is 10.5. The zero-order valence-electron chi connectivity index (χ0n) is 13.1. The van der Waals surface area contributed by atoms with Gasteiger partial charge in [-0.25, -0.2) is 0 Å². The minimum atomic E-state index is -1.61. The van der Waals surface area contributed by atoms with Crippen molar-refractivity contribution in [1.82, 2.24) is 0 Å². The van der Waals surface area contributed by atoms with Crippen molar-refractivity contribution in [1.29, 1.82) is 0 Å². The van der Waals surface area contributed by atoms with Crippen LogP contribution in [-0.2, 0) is 14.3 Å². The van der Waals surface area contributed by atoms with Crippen molar-refractivity contribution < 1.29 is 34.7 Å². The number of unbranched alkanes of at least 4 members (excludes halogenated alkanes) is 5. The lowest BCUT2D eigenvalue weighted by Crippen LogP contribution is -2.58. The summed E-state index contributed by atoms with van der Waals surface area (Å²) in [5.74, 6) is -0.401. The van der Waals surface area contributed by atoms with Crippen molar-refractivity contribution in [2.75, 3.05) is 6.61 Å². The molecule has 7 nitrogen and oxygen atoms in total. The molecule has 7 heteroatoms. The number of hydrogen-bond acceptors (Lipinski definition) is 7. The van der Waals surface area contributed by atoms with E-state index in [9.17, 15) is 25.2 Å². The summed E-state index contributed by atoms with van der Waals surface area (Å²) in [5, 5.41) is 37.9. The predicted octanol–water partition coefficient (Wildman–Crippen LogP) is 0.0801. The van der Waals surface area contributed by atoms with E-state index in [1.807, 2.05) is 0 Å². The normalized spacial score (nSPS) is 32.0. The quantitative estimate of drug-likeness (QED) is 0.351. The molecule has 1 rings (SSSR count). The highest BCUT2D eigenvalue weighted by molar-refractivity contribution is 5.69. The molecular weight excluding hydrogens is 292 g/mol. The van der Waals surface area contributed by atoms with Gasteiger partial charge in [-0.2, -0.15) is 0 Å². The molecule has 0 unspecified atom stereocenters. The molecule has 0 aliphatic carbocycles. The van der Waals surface area contributed by atoms with Gasteiger partial charge in [0.15, 0.2) is 6.29 Å². The average Bonchev–Trinajstić information content (AvgIpc) is 2.51. The number of carbonyl (C=O) groups excluding carboxylic acids is 1. The van der Waals surface area contributed by atoms with E-state index in [0.29, 0.717) is 6.42 Å². The Kier molecular flexibility index (Phi) is 8.89. The topological polar surface area (TPSA) is 116 Å². The highest BCUT2D eigenvalue weighted by Gasteiger charge is 2.43. The van der Waals surface area contributed by atoms with Gasteiger partial charge >= 0.3 is 5.97 Å². The second-order valence-electron chi connectivity index (χ2n) is 5.74. The molecule has 0 spiro atoms. The van der Waals surface area contributed by atoms with E-state index < -0.39 is 36.7 Å². The van der Waals surface area contributed by atoms with Crippen LogP contribution in [0.5, 0.6) is 0 Å². The molecule has 0 amide bonds. The van der Waals surface area contributed by atoms with Crippen LogP contribution in [0.25, 0.3) is 0 Å². The Bertz CT molecular complexity index is 323. The van der Waals surface area contributed by atoms with Gasteiger partial charge in [0.05, 0.1) is 0 Å². The first-order valence-corrected chi connectivity index (χ1v) is 8.00. The maximum Gasteiger partial charge on any atom is 0.305 e. The number of esters is 1. The van der Waals surface area contributed by atoms with Crippen molar-refractivity contribution in [2.24, 2.45) is 0 Å². The van der Waals surface area contributed by atoms with Crippen LogP contribution in [0.15, 0.2) is 0 Å². The zero-order valence-corrected chi connectivity index (χ0v) is 13.1. The van der Waals surface area contributed by atoms with Crippen molar-refractivity contribution in [3.05, 3.63) is 0 Å². The van der Waals surface area contributed by atoms with Gasteiger partial charge in [0.1, 0.15) is 31.0 Å². The molecular formula is C15H28O7. The number of aliphatic hydroxyl groups is 4. The van der Waals surface area contributed by atoms with E-state index in [1.165, 1.54) is 19.3 Å². The second-order valence-corrected chi connectivity index (χ2v) is 5.74. The van der Waals surface area contributed by atoms with Crippen LogP contribution >= 0.6 is 0 Å². The average molecular weight is 320 g/mol. The van der Waals surface area contributed by atoms with E-state index in [1.54, 1.807) is 0 Å². The molecule has 0 aromatic carbocycles. The highest BCUT2D eigenvalue weighted by Crippen LogP contribution is 2.20. The van der Waals surface area contributed by atoms with Crippen LogP contribution in [-0.4, -0.2) is 63.7 Å². The van der Waals surface area contributed by atoms with Gasteiger partial charge in [0.25, 0.3) is 0 Å².